The van der Waals surface area contributed by atoms with E-state index in [9.17, 15) is 18.0 Å². The van der Waals surface area contributed by atoms with Crippen molar-refractivity contribution >= 4 is 43.5 Å². The van der Waals surface area contributed by atoms with Crippen molar-refractivity contribution in [3.05, 3.63) is 82.3 Å². The number of hydrogen-bond acceptors (Lipinski definition) is 6. The van der Waals surface area contributed by atoms with Gasteiger partial charge in [-0.1, -0.05) is 45.8 Å². The normalized spacial score (nSPS) is 12.0. The maximum absolute atomic E-state index is 14.0. The Morgan fingerprint density at radius 2 is 1.51 bits per heavy atom. The third-order valence-corrected chi connectivity index (χ3v) is 8.72. The van der Waals surface area contributed by atoms with Crippen LogP contribution in [0.2, 0.25) is 0 Å². The Bertz CT molecular complexity index is 1460. The van der Waals surface area contributed by atoms with Crippen LogP contribution in [0.4, 0.5) is 5.69 Å². The van der Waals surface area contributed by atoms with Gasteiger partial charge in [-0.15, -0.1) is 0 Å². The first-order chi connectivity index (χ1) is 19.4. The first-order valence-electron chi connectivity index (χ1n) is 13.0. The second kappa shape index (κ2) is 13.9. The van der Waals surface area contributed by atoms with Crippen molar-refractivity contribution in [2.24, 2.45) is 0 Å². The fourth-order valence-electron chi connectivity index (χ4n) is 4.12. The van der Waals surface area contributed by atoms with Crippen LogP contribution < -0.4 is 19.1 Å². The van der Waals surface area contributed by atoms with Crippen LogP contribution in [0.25, 0.3) is 0 Å². The van der Waals surface area contributed by atoms with Gasteiger partial charge < -0.3 is 19.7 Å². The molecule has 0 aliphatic heterocycles. The minimum absolute atomic E-state index is 0.0238. The lowest BCUT2D eigenvalue weighted by atomic mass is 10.1. The Morgan fingerprint density at radius 1 is 0.902 bits per heavy atom. The molecule has 3 aromatic rings. The zero-order chi connectivity index (χ0) is 30.3. The van der Waals surface area contributed by atoms with Gasteiger partial charge in [0.25, 0.3) is 10.0 Å². The average Bonchev–Trinajstić information content (AvgIpc) is 2.94. The molecule has 0 saturated heterocycles. The summed E-state index contributed by atoms with van der Waals surface area (Å²) in [7, 11) is -1.28. The van der Waals surface area contributed by atoms with E-state index in [0.29, 0.717) is 11.5 Å². The molecule has 0 heterocycles. The van der Waals surface area contributed by atoms with E-state index in [0.717, 1.165) is 19.9 Å². The zero-order valence-corrected chi connectivity index (χ0v) is 26.5. The summed E-state index contributed by atoms with van der Waals surface area (Å²) in [5.74, 6) is -0.182. The fourth-order valence-corrected chi connectivity index (χ4v) is 5.79. The number of carbonyl (C=O) groups is 2. The highest BCUT2D eigenvalue weighted by molar-refractivity contribution is 9.10. The third kappa shape index (κ3) is 8.01. The number of ether oxygens (including phenoxy) is 2. The standard InChI is InChI=1S/C30H36BrN3O6S/c1-20(2)32-30(36)22(4)33(18-23-9-11-24(31)12-10-23)29(35)19-34(25-13-16-27(39-5)28(17-25)40-6)41(37,38)26-14-7-21(3)8-15-26/h7-17,20,22H,18-19H2,1-6H3,(H,32,36)/t22-/m1/s1. The lowest BCUT2D eigenvalue weighted by molar-refractivity contribution is -0.139. The second-order valence-electron chi connectivity index (χ2n) is 9.85. The van der Waals surface area contributed by atoms with Gasteiger partial charge in [-0.2, -0.15) is 0 Å². The smallest absolute Gasteiger partial charge is 0.264 e. The molecular formula is C30H36BrN3O6S. The fraction of sp³-hybridized carbons (Fsp3) is 0.333. The van der Waals surface area contributed by atoms with Crippen molar-refractivity contribution < 1.29 is 27.5 Å². The molecule has 3 aromatic carbocycles. The minimum Gasteiger partial charge on any atom is -0.493 e. The number of methoxy groups -OCH3 is 2. The topological polar surface area (TPSA) is 105 Å². The molecule has 2 amide bonds. The van der Waals surface area contributed by atoms with Crippen molar-refractivity contribution in [3.63, 3.8) is 0 Å². The van der Waals surface area contributed by atoms with Crippen LogP contribution in [0.15, 0.2) is 76.1 Å². The van der Waals surface area contributed by atoms with E-state index in [1.807, 2.05) is 45.0 Å². The number of sulfonamides is 1. The molecule has 11 heteroatoms. The SMILES string of the molecule is COc1ccc(N(CC(=O)N(Cc2ccc(Br)cc2)[C@H](C)C(=O)NC(C)C)S(=O)(=O)c2ccc(C)cc2)cc1OC. The quantitative estimate of drug-likeness (QED) is 0.300. The maximum atomic E-state index is 14.0. The van der Waals surface area contributed by atoms with Crippen molar-refractivity contribution in [1.82, 2.24) is 10.2 Å². The van der Waals surface area contributed by atoms with E-state index >= 15 is 0 Å². The lowest BCUT2D eigenvalue weighted by Crippen LogP contribution is -2.52. The van der Waals surface area contributed by atoms with Gasteiger partial charge in [0.1, 0.15) is 12.6 Å². The Morgan fingerprint density at radius 3 is 2.07 bits per heavy atom. The first-order valence-corrected chi connectivity index (χ1v) is 15.3. The van der Waals surface area contributed by atoms with Crippen LogP contribution in [-0.4, -0.2) is 58.0 Å². The number of nitrogens with one attached hydrogen (secondary N) is 1. The van der Waals surface area contributed by atoms with Crippen LogP contribution in [0.1, 0.15) is 31.9 Å². The van der Waals surface area contributed by atoms with Crippen LogP contribution >= 0.6 is 15.9 Å². The van der Waals surface area contributed by atoms with E-state index < -0.39 is 28.5 Å². The summed E-state index contributed by atoms with van der Waals surface area (Å²) in [6.45, 7) is 6.70. The molecule has 1 N–H and O–H groups in total. The molecule has 0 aliphatic carbocycles. The molecule has 0 aliphatic rings. The molecule has 0 fully saturated rings. The average molecular weight is 647 g/mol. The lowest BCUT2D eigenvalue weighted by Gasteiger charge is -2.32. The first kappa shape index (κ1) is 32.0. The van der Waals surface area contributed by atoms with Crippen molar-refractivity contribution in [2.45, 2.75) is 51.2 Å². The molecule has 0 spiro atoms. The van der Waals surface area contributed by atoms with E-state index in [-0.39, 0.29) is 29.1 Å². The number of anilines is 1. The molecule has 0 bridgehead atoms. The Balaban J connectivity index is 2.08. The Labute approximate surface area is 250 Å². The summed E-state index contributed by atoms with van der Waals surface area (Å²) in [6.07, 6.45) is 0. The number of benzene rings is 3. The Kier molecular flexibility index (Phi) is 10.8. The van der Waals surface area contributed by atoms with Crippen LogP contribution in [0.5, 0.6) is 11.5 Å². The minimum atomic E-state index is -4.20. The second-order valence-corrected chi connectivity index (χ2v) is 12.6. The van der Waals surface area contributed by atoms with Gasteiger partial charge in [-0.25, -0.2) is 8.42 Å². The van der Waals surface area contributed by atoms with Crippen LogP contribution in [0.3, 0.4) is 0 Å². The largest absolute Gasteiger partial charge is 0.493 e. The molecule has 220 valence electrons. The predicted molar refractivity (Wildman–Crippen MR) is 163 cm³/mol. The highest BCUT2D eigenvalue weighted by Gasteiger charge is 2.33. The van der Waals surface area contributed by atoms with Gasteiger partial charge in [-0.05, 0) is 69.7 Å². The van der Waals surface area contributed by atoms with Crippen LogP contribution in [0, 0.1) is 6.92 Å². The number of amides is 2. The van der Waals surface area contributed by atoms with Gasteiger partial charge in [0.05, 0.1) is 24.8 Å². The number of aryl methyl sites for hydroxylation is 1. The molecule has 0 aromatic heterocycles. The number of carbonyl (C=O) groups excluding carboxylic acids is 2. The predicted octanol–water partition coefficient (Wildman–Crippen LogP) is 4.91. The number of halogens is 1. The third-order valence-electron chi connectivity index (χ3n) is 6.41. The molecule has 0 unspecified atom stereocenters. The van der Waals surface area contributed by atoms with Gasteiger partial charge in [0.15, 0.2) is 11.5 Å². The monoisotopic (exact) mass is 645 g/mol. The van der Waals surface area contributed by atoms with E-state index in [4.69, 9.17) is 9.47 Å². The van der Waals surface area contributed by atoms with Crippen LogP contribution in [-0.2, 0) is 26.2 Å². The molecular weight excluding hydrogens is 610 g/mol. The highest BCUT2D eigenvalue weighted by Crippen LogP contribution is 2.34. The molecule has 0 radical (unpaired) electrons. The summed E-state index contributed by atoms with van der Waals surface area (Å²) >= 11 is 3.41. The van der Waals surface area contributed by atoms with Gasteiger partial charge in [0, 0.05) is 23.1 Å². The molecule has 0 saturated carbocycles. The molecule has 1 atom stereocenters. The van der Waals surface area contributed by atoms with E-state index in [1.165, 1.54) is 37.3 Å². The summed E-state index contributed by atoms with van der Waals surface area (Å²) in [4.78, 5) is 28.5. The van der Waals surface area contributed by atoms with Gasteiger partial charge in [0.2, 0.25) is 11.8 Å². The number of rotatable bonds is 12. The summed E-state index contributed by atoms with van der Waals surface area (Å²) in [6, 6.07) is 17.4. The summed E-state index contributed by atoms with van der Waals surface area (Å²) in [5, 5.41) is 2.84. The molecule has 9 nitrogen and oxygen atoms in total. The van der Waals surface area contributed by atoms with Gasteiger partial charge in [-0.3, -0.25) is 13.9 Å². The number of hydrogen-bond donors (Lipinski definition) is 1. The molecule has 3 rings (SSSR count). The summed E-state index contributed by atoms with van der Waals surface area (Å²) < 4.78 is 40.6. The van der Waals surface area contributed by atoms with Crippen molar-refractivity contribution in [1.29, 1.82) is 0 Å². The van der Waals surface area contributed by atoms with Gasteiger partial charge >= 0.3 is 0 Å². The van der Waals surface area contributed by atoms with E-state index in [2.05, 4.69) is 21.2 Å². The maximum Gasteiger partial charge on any atom is 0.264 e. The Hall–Kier alpha value is -3.57. The van der Waals surface area contributed by atoms with Crippen molar-refractivity contribution in [3.8, 4) is 11.5 Å². The molecule has 41 heavy (non-hydrogen) atoms. The van der Waals surface area contributed by atoms with Crippen molar-refractivity contribution in [2.75, 3.05) is 25.1 Å². The number of nitrogens with zero attached hydrogens (tertiary/aromatic N) is 2. The zero-order valence-electron chi connectivity index (χ0n) is 24.0. The van der Waals surface area contributed by atoms with E-state index in [1.54, 1.807) is 31.2 Å². The summed E-state index contributed by atoms with van der Waals surface area (Å²) in [5.41, 5.74) is 1.88. The highest BCUT2D eigenvalue weighted by atomic mass is 79.9.